The Labute approximate surface area is 63.1 Å². The third kappa shape index (κ3) is 52.8. The zero-order valence-corrected chi connectivity index (χ0v) is 7.27. The molecule has 0 aliphatic heterocycles. The Kier molecular flexibility index (Phi) is 38.5. The normalized spacial score (nSPS) is 6.10. The lowest BCUT2D eigenvalue weighted by atomic mass is 10.7. The maximum absolute atomic E-state index is 6.55. The Morgan fingerprint density at radius 3 is 1.70 bits per heavy atom. The van der Waals surface area contributed by atoms with E-state index in [4.69, 9.17) is 11.1 Å². The first-order valence-electron chi connectivity index (χ1n) is 3.17. The fourth-order valence-corrected chi connectivity index (χ4v) is 0.156. The van der Waals surface area contributed by atoms with Crippen molar-refractivity contribution >= 4 is 5.84 Å². The van der Waals surface area contributed by atoms with Gasteiger partial charge in [-0.2, -0.15) is 0 Å². The SMILES string of the molecule is CC.CN.COCC(=N)N. The van der Waals surface area contributed by atoms with Crippen LogP contribution in [-0.4, -0.2) is 26.6 Å². The summed E-state index contributed by atoms with van der Waals surface area (Å²) in [5.41, 5.74) is 9.36. The van der Waals surface area contributed by atoms with Crippen LogP contribution in [-0.2, 0) is 4.74 Å². The minimum atomic E-state index is 0.0671. The van der Waals surface area contributed by atoms with Crippen LogP contribution in [0.2, 0.25) is 0 Å². The van der Waals surface area contributed by atoms with E-state index in [0.717, 1.165) is 0 Å². The summed E-state index contributed by atoms with van der Waals surface area (Å²) >= 11 is 0. The molecule has 0 heterocycles. The van der Waals surface area contributed by atoms with E-state index in [0.29, 0.717) is 0 Å². The summed E-state index contributed by atoms with van der Waals surface area (Å²) in [7, 11) is 3.00. The van der Waals surface area contributed by atoms with E-state index in [1.165, 1.54) is 14.2 Å². The van der Waals surface area contributed by atoms with Crippen molar-refractivity contribution in [2.45, 2.75) is 13.8 Å². The van der Waals surface area contributed by atoms with Gasteiger partial charge in [-0.1, -0.05) is 13.8 Å². The number of nitrogens with one attached hydrogen (secondary N) is 1. The van der Waals surface area contributed by atoms with E-state index in [1.807, 2.05) is 13.8 Å². The first-order valence-corrected chi connectivity index (χ1v) is 3.17. The van der Waals surface area contributed by atoms with Gasteiger partial charge in [0.1, 0.15) is 12.4 Å². The molecule has 0 atom stereocenters. The second kappa shape index (κ2) is 23.8. The molecule has 0 saturated heterocycles. The van der Waals surface area contributed by atoms with Crippen molar-refractivity contribution in [1.82, 2.24) is 0 Å². The van der Waals surface area contributed by atoms with Crippen molar-refractivity contribution in [3.8, 4) is 0 Å². The highest BCUT2D eigenvalue weighted by atomic mass is 16.5. The Balaban J connectivity index is -0.000000105. The summed E-state index contributed by atoms with van der Waals surface area (Å²) in [4.78, 5) is 0. The molecule has 0 aromatic rings. The topological polar surface area (TPSA) is 85.1 Å². The number of hydrogen-bond acceptors (Lipinski definition) is 3. The third-order valence-electron chi connectivity index (χ3n) is 0.300. The van der Waals surface area contributed by atoms with Crippen LogP contribution < -0.4 is 11.5 Å². The maximum Gasteiger partial charge on any atom is 0.117 e. The highest BCUT2D eigenvalue weighted by molar-refractivity contribution is 5.77. The van der Waals surface area contributed by atoms with Gasteiger partial charge in [0.2, 0.25) is 0 Å². The van der Waals surface area contributed by atoms with Crippen molar-refractivity contribution in [2.75, 3.05) is 20.8 Å². The fourth-order valence-electron chi connectivity index (χ4n) is 0.156. The average Bonchev–Trinajstić information content (AvgIpc) is 1.96. The number of hydrogen-bond donors (Lipinski definition) is 3. The molecular weight excluding hydrogens is 130 g/mol. The van der Waals surface area contributed by atoms with Crippen LogP contribution in [0.15, 0.2) is 0 Å². The fraction of sp³-hybridized carbons (Fsp3) is 0.833. The molecule has 0 spiro atoms. The predicted molar refractivity (Wildman–Crippen MR) is 45.2 cm³/mol. The van der Waals surface area contributed by atoms with Crippen LogP contribution in [0.4, 0.5) is 0 Å². The molecule has 0 aromatic heterocycles. The summed E-state index contributed by atoms with van der Waals surface area (Å²) in [6, 6.07) is 0. The number of rotatable bonds is 2. The summed E-state index contributed by atoms with van der Waals surface area (Å²) in [5.74, 6) is 0.0671. The van der Waals surface area contributed by atoms with E-state index >= 15 is 0 Å². The number of ether oxygens (including phenoxy) is 1. The average molecular weight is 149 g/mol. The van der Waals surface area contributed by atoms with Crippen molar-refractivity contribution in [2.24, 2.45) is 11.5 Å². The van der Waals surface area contributed by atoms with Gasteiger partial charge in [-0.15, -0.1) is 0 Å². The van der Waals surface area contributed by atoms with Gasteiger partial charge < -0.3 is 16.2 Å². The van der Waals surface area contributed by atoms with Gasteiger partial charge in [-0.3, -0.25) is 5.41 Å². The zero-order chi connectivity index (χ0) is 8.99. The second-order valence-corrected chi connectivity index (χ2v) is 0.958. The Hall–Kier alpha value is -0.610. The number of methoxy groups -OCH3 is 1. The second-order valence-electron chi connectivity index (χ2n) is 0.958. The van der Waals surface area contributed by atoms with Crippen LogP contribution in [0, 0.1) is 5.41 Å². The number of nitrogens with two attached hydrogens (primary N) is 2. The van der Waals surface area contributed by atoms with E-state index in [9.17, 15) is 0 Å². The van der Waals surface area contributed by atoms with Crippen molar-refractivity contribution in [3.05, 3.63) is 0 Å². The van der Waals surface area contributed by atoms with Gasteiger partial charge >= 0.3 is 0 Å². The molecule has 0 saturated carbocycles. The Bertz CT molecular complexity index is 57.0. The molecule has 0 aliphatic carbocycles. The molecular formula is C6H19N3O. The minimum Gasteiger partial charge on any atom is -0.386 e. The molecule has 5 N–H and O–H groups in total. The molecule has 0 rings (SSSR count). The molecule has 0 amide bonds. The molecule has 0 radical (unpaired) electrons. The lowest BCUT2D eigenvalue weighted by molar-refractivity contribution is 0.244. The van der Waals surface area contributed by atoms with Gasteiger partial charge in [0.25, 0.3) is 0 Å². The van der Waals surface area contributed by atoms with E-state index in [1.54, 1.807) is 0 Å². The molecule has 10 heavy (non-hydrogen) atoms. The summed E-state index contributed by atoms with van der Waals surface area (Å²) < 4.78 is 4.45. The molecule has 0 aromatic carbocycles. The standard InChI is InChI=1S/C3H8N2O.C2H6.CH5N/c1-6-2-3(4)5;2*1-2/h2H2,1H3,(H3,4,5);1-2H3;2H2,1H3. The highest BCUT2D eigenvalue weighted by Gasteiger charge is 1.78. The minimum absolute atomic E-state index is 0.0671. The molecule has 4 nitrogen and oxygen atoms in total. The lowest BCUT2D eigenvalue weighted by Crippen LogP contribution is -2.15. The molecule has 0 bridgehead atoms. The van der Waals surface area contributed by atoms with Gasteiger partial charge in [0, 0.05) is 7.11 Å². The quantitative estimate of drug-likeness (QED) is 0.386. The van der Waals surface area contributed by atoms with Crippen molar-refractivity contribution in [1.29, 1.82) is 5.41 Å². The number of amidine groups is 1. The predicted octanol–water partition coefficient (Wildman–Crippen LogP) is 0.170. The van der Waals surface area contributed by atoms with Crippen LogP contribution in [0.25, 0.3) is 0 Å². The van der Waals surface area contributed by atoms with E-state index < -0.39 is 0 Å². The van der Waals surface area contributed by atoms with Crippen LogP contribution >= 0.6 is 0 Å². The summed E-state index contributed by atoms with van der Waals surface area (Å²) in [6.07, 6.45) is 0. The van der Waals surface area contributed by atoms with Crippen LogP contribution in [0.5, 0.6) is 0 Å². The first-order chi connectivity index (χ1) is 4.77. The van der Waals surface area contributed by atoms with Gasteiger partial charge in [0.05, 0.1) is 0 Å². The third-order valence-corrected chi connectivity index (χ3v) is 0.300. The van der Waals surface area contributed by atoms with Gasteiger partial charge in [0.15, 0.2) is 0 Å². The summed E-state index contributed by atoms with van der Waals surface area (Å²) in [5, 5.41) is 6.55. The highest BCUT2D eigenvalue weighted by Crippen LogP contribution is 1.59. The zero-order valence-electron chi connectivity index (χ0n) is 7.27. The van der Waals surface area contributed by atoms with Crippen LogP contribution in [0.1, 0.15) is 13.8 Å². The monoisotopic (exact) mass is 149 g/mol. The van der Waals surface area contributed by atoms with Crippen molar-refractivity contribution < 1.29 is 4.74 Å². The first kappa shape index (κ1) is 16.2. The molecule has 64 valence electrons. The smallest absolute Gasteiger partial charge is 0.117 e. The molecule has 4 heteroatoms. The largest absolute Gasteiger partial charge is 0.386 e. The van der Waals surface area contributed by atoms with Gasteiger partial charge in [-0.25, -0.2) is 0 Å². The molecule has 0 fully saturated rings. The maximum atomic E-state index is 6.55. The van der Waals surface area contributed by atoms with Crippen LogP contribution in [0.3, 0.4) is 0 Å². The van der Waals surface area contributed by atoms with Crippen molar-refractivity contribution in [3.63, 3.8) is 0 Å². The van der Waals surface area contributed by atoms with E-state index in [-0.39, 0.29) is 12.4 Å². The molecule has 0 aliphatic rings. The summed E-state index contributed by atoms with van der Waals surface area (Å²) in [6.45, 7) is 4.24. The molecule has 0 unspecified atom stereocenters. The Morgan fingerprint density at radius 1 is 1.40 bits per heavy atom. The van der Waals surface area contributed by atoms with Gasteiger partial charge in [-0.05, 0) is 7.05 Å². The van der Waals surface area contributed by atoms with E-state index in [2.05, 4.69) is 10.5 Å². The lowest BCUT2D eigenvalue weighted by Gasteiger charge is -1.88. The Morgan fingerprint density at radius 2 is 1.70 bits per heavy atom.